The number of epoxide rings is 1. The van der Waals surface area contributed by atoms with Crippen LogP contribution in [0.2, 0.25) is 0 Å². The molecule has 1 aromatic carbocycles. The highest BCUT2D eigenvalue weighted by molar-refractivity contribution is 5.97. The Morgan fingerprint density at radius 1 is 1.25 bits per heavy atom. The quantitative estimate of drug-likeness (QED) is 0.573. The first-order valence-electron chi connectivity index (χ1n) is 9.76. The number of hydrogen-bond acceptors (Lipinski definition) is 5. The van der Waals surface area contributed by atoms with Crippen molar-refractivity contribution in [3.8, 4) is 0 Å². The second-order valence-electron chi connectivity index (χ2n) is 7.88. The van der Waals surface area contributed by atoms with Gasteiger partial charge in [0.05, 0.1) is 25.2 Å². The standard InChI is InChI=1S/C17H23N3O4.C4H8/c1-11(18)16(23)19-9-14(21)20-13(15(22)17(2)10-24-17)8-12-6-4-3-5-7-12;1-4-2-3-4/h3-7,11,13H,8-10,18H2,1-2H3,(H,19,23)(H,20,21);4H,2-3H2,1H3. The maximum absolute atomic E-state index is 12.6. The third kappa shape index (κ3) is 7.40. The summed E-state index contributed by atoms with van der Waals surface area (Å²) in [6.45, 7) is 5.64. The normalized spacial score (nSPS) is 22.1. The van der Waals surface area contributed by atoms with E-state index < -0.39 is 29.5 Å². The third-order valence-corrected chi connectivity index (χ3v) is 4.74. The molecule has 3 unspecified atom stereocenters. The Bertz CT molecular complexity index is 682. The van der Waals surface area contributed by atoms with Gasteiger partial charge in [-0.3, -0.25) is 14.4 Å². The molecule has 4 N–H and O–H groups in total. The number of rotatable bonds is 8. The molecule has 2 fully saturated rings. The molecule has 1 aromatic rings. The minimum atomic E-state index is -0.832. The van der Waals surface area contributed by atoms with Crippen molar-refractivity contribution in [1.82, 2.24) is 10.6 Å². The number of amides is 2. The molecular weight excluding hydrogens is 358 g/mol. The van der Waals surface area contributed by atoms with Gasteiger partial charge in [0.2, 0.25) is 11.8 Å². The van der Waals surface area contributed by atoms with E-state index in [0.717, 1.165) is 11.5 Å². The Hall–Kier alpha value is -2.25. The van der Waals surface area contributed by atoms with Crippen LogP contribution in [0, 0.1) is 5.92 Å². The third-order valence-electron chi connectivity index (χ3n) is 4.74. The number of carbonyl (C=O) groups excluding carboxylic acids is 3. The molecule has 0 bridgehead atoms. The van der Waals surface area contributed by atoms with Crippen LogP contribution in [0.4, 0.5) is 0 Å². The number of carbonyl (C=O) groups is 3. The first kappa shape index (κ1) is 22.0. The highest BCUT2D eigenvalue weighted by atomic mass is 16.6. The fourth-order valence-corrected chi connectivity index (χ4v) is 2.42. The van der Waals surface area contributed by atoms with Crippen LogP contribution in [0.25, 0.3) is 0 Å². The van der Waals surface area contributed by atoms with Crippen LogP contribution in [-0.4, -0.2) is 48.4 Å². The summed E-state index contributed by atoms with van der Waals surface area (Å²) in [4.78, 5) is 36.1. The average Bonchev–Trinajstić information content (AvgIpc) is 3.60. The molecule has 3 rings (SSSR count). The van der Waals surface area contributed by atoms with Gasteiger partial charge in [0.25, 0.3) is 0 Å². The number of ketones is 1. The number of nitrogens with one attached hydrogen (secondary N) is 2. The van der Waals surface area contributed by atoms with Gasteiger partial charge in [-0.2, -0.15) is 0 Å². The zero-order valence-electron chi connectivity index (χ0n) is 16.9. The van der Waals surface area contributed by atoms with Gasteiger partial charge in [0, 0.05) is 0 Å². The summed E-state index contributed by atoms with van der Waals surface area (Å²) < 4.78 is 5.20. The lowest BCUT2D eigenvalue weighted by Crippen LogP contribution is -2.51. The molecule has 1 aliphatic heterocycles. The molecule has 0 spiro atoms. The second kappa shape index (κ2) is 9.80. The number of Topliss-reactive ketones (excluding diaryl/α,β-unsaturated/α-hetero) is 1. The van der Waals surface area contributed by atoms with Gasteiger partial charge < -0.3 is 21.1 Å². The van der Waals surface area contributed by atoms with Gasteiger partial charge >= 0.3 is 0 Å². The lowest BCUT2D eigenvalue weighted by molar-refractivity contribution is -0.131. The van der Waals surface area contributed by atoms with E-state index >= 15 is 0 Å². The fraction of sp³-hybridized carbons (Fsp3) is 0.571. The van der Waals surface area contributed by atoms with Crippen LogP contribution < -0.4 is 16.4 Å². The average molecular weight is 389 g/mol. The predicted molar refractivity (Wildman–Crippen MR) is 106 cm³/mol. The molecule has 2 amide bonds. The molecular formula is C21H31N3O4. The topological polar surface area (TPSA) is 114 Å². The van der Waals surface area contributed by atoms with Gasteiger partial charge in [-0.1, -0.05) is 50.1 Å². The van der Waals surface area contributed by atoms with Gasteiger partial charge in [0.1, 0.15) is 5.60 Å². The van der Waals surface area contributed by atoms with Crippen molar-refractivity contribution in [2.45, 2.75) is 57.7 Å². The molecule has 7 nitrogen and oxygen atoms in total. The Morgan fingerprint density at radius 3 is 2.29 bits per heavy atom. The fourth-order valence-electron chi connectivity index (χ4n) is 2.42. The van der Waals surface area contributed by atoms with Crippen molar-refractivity contribution < 1.29 is 19.1 Å². The summed E-state index contributed by atoms with van der Waals surface area (Å²) in [6, 6.07) is 8.00. The number of ether oxygens (including phenoxy) is 1. The molecule has 2 aliphatic rings. The van der Waals surface area contributed by atoms with Crippen molar-refractivity contribution >= 4 is 17.6 Å². The summed E-state index contributed by atoms with van der Waals surface area (Å²) in [5.41, 5.74) is 5.52. The molecule has 0 radical (unpaired) electrons. The number of hydrogen-bond donors (Lipinski definition) is 3. The largest absolute Gasteiger partial charge is 0.361 e. The molecule has 7 heteroatoms. The van der Waals surface area contributed by atoms with E-state index in [9.17, 15) is 14.4 Å². The monoisotopic (exact) mass is 389 g/mol. The minimum absolute atomic E-state index is 0.168. The van der Waals surface area contributed by atoms with E-state index in [1.54, 1.807) is 6.92 Å². The van der Waals surface area contributed by atoms with Gasteiger partial charge in [-0.15, -0.1) is 0 Å². The lowest BCUT2D eigenvalue weighted by atomic mass is 9.95. The van der Waals surface area contributed by atoms with Gasteiger partial charge in [-0.05, 0) is 31.7 Å². The van der Waals surface area contributed by atoms with E-state index in [1.165, 1.54) is 19.8 Å². The predicted octanol–water partition coefficient (Wildman–Crippen LogP) is 0.952. The van der Waals surface area contributed by atoms with Crippen LogP contribution in [0.15, 0.2) is 30.3 Å². The lowest BCUT2D eigenvalue weighted by Gasteiger charge is -2.20. The molecule has 1 saturated carbocycles. The summed E-state index contributed by atoms with van der Waals surface area (Å²) >= 11 is 0. The van der Waals surface area contributed by atoms with Crippen LogP contribution >= 0.6 is 0 Å². The first-order valence-corrected chi connectivity index (χ1v) is 9.76. The maximum atomic E-state index is 12.6. The summed E-state index contributed by atoms with van der Waals surface area (Å²) in [6.07, 6.45) is 3.34. The number of nitrogens with two attached hydrogens (primary N) is 1. The molecule has 28 heavy (non-hydrogen) atoms. The van der Waals surface area contributed by atoms with E-state index in [0.29, 0.717) is 13.0 Å². The molecule has 1 aliphatic carbocycles. The zero-order chi connectivity index (χ0) is 20.7. The van der Waals surface area contributed by atoms with E-state index in [1.807, 2.05) is 30.3 Å². The van der Waals surface area contributed by atoms with Crippen molar-refractivity contribution in [2.75, 3.05) is 13.2 Å². The molecule has 154 valence electrons. The molecule has 1 saturated heterocycles. The van der Waals surface area contributed by atoms with E-state index in [4.69, 9.17) is 10.5 Å². The molecule has 1 heterocycles. The van der Waals surface area contributed by atoms with Crippen LogP contribution in [-0.2, 0) is 25.5 Å². The van der Waals surface area contributed by atoms with Crippen molar-refractivity contribution in [2.24, 2.45) is 11.7 Å². The Morgan fingerprint density at radius 2 is 1.82 bits per heavy atom. The van der Waals surface area contributed by atoms with Crippen molar-refractivity contribution in [3.63, 3.8) is 0 Å². The van der Waals surface area contributed by atoms with Crippen molar-refractivity contribution in [1.29, 1.82) is 0 Å². The highest BCUT2D eigenvalue weighted by Crippen LogP contribution is 2.29. The highest BCUT2D eigenvalue weighted by Gasteiger charge is 2.50. The van der Waals surface area contributed by atoms with Gasteiger partial charge in [-0.25, -0.2) is 0 Å². The molecule has 0 aromatic heterocycles. The zero-order valence-corrected chi connectivity index (χ0v) is 16.9. The van der Waals surface area contributed by atoms with E-state index in [2.05, 4.69) is 17.6 Å². The number of benzene rings is 1. The molecule has 3 atom stereocenters. The van der Waals surface area contributed by atoms with Gasteiger partial charge in [0.15, 0.2) is 5.78 Å². The summed E-state index contributed by atoms with van der Waals surface area (Å²) in [7, 11) is 0. The SMILES string of the molecule is CC(N)C(=O)NCC(=O)NC(Cc1ccccc1)C(=O)C1(C)CO1.CC1CC1. The first-order chi connectivity index (χ1) is 13.2. The van der Waals surface area contributed by atoms with Crippen LogP contribution in [0.1, 0.15) is 39.2 Å². The Kier molecular flexibility index (Phi) is 7.71. The Labute approximate surface area is 166 Å². The smallest absolute Gasteiger partial charge is 0.239 e. The van der Waals surface area contributed by atoms with E-state index in [-0.39, 0.29) is 12.3 Å². The van der Waals surface area contributed by atoms with Crippen LogP contribution in [0.5, 0.6) is 0 Å². The van der Waals surface area contributed by atoms with Crippen molar-refractivity contribution in [3.05, 3.63) is 35.9 Å². The Balaban J connectivity index is 0.000000620. The summed E-state index contributed by atoms with van der Waals surface area (Å²) in [5.74, 6) is 0.0503. The maximum Gasteiger partial charge on any atom is 0.239 e. The van der Waals surface area contributed by atoms with Crippen LogP contribution in [0.3, 0.4) is 0 Å². The second-order valence-corrected chi connectivity index (χ2v) is 7.88. The summed E-state index contributed by atoms with van der Waals surface area (Å²) in [5, 5.41) is 5.11. The minimum Gasteiger partial charge on any atom is -0.361 e.